The zero-order valence-corrected chi connectivity index (χ0v) is 14.5. The molecule has 0 radical (unpaired) electrons. The summed E-state index contributed by atoms with van der Waals surface area (Å²) in [7, 11) is 0. The SMILES string of the molecule is CCc1c(C(=O)N2CCC[C@H]([C@H](C)N)C2)cnn1-c1ccccc1. The summed E-state index contributed by atoms with van der Waals surface area (Å²) in [6.45, 7) is 5.65. The number of likely N-dealkylation sites (tertiary alicyclic amines) is 1. The Bertz CT molecular complexity index is 693. The van der Waals surface area contributed by atoms with Crippen molar-refractivity contribution in [3.63, 3.8) is 0 Å². The first-order chi connectivity index (χ1) is 11.6. The van der Waals surface area contributed by atoms with Crippen LogP contribution in [0.4, 0.5) is 0 Å². The predicted molar refractivity (Wildman–Crippen MR) is 95.2 cm³/mol. The van der Waals surface area contributed by atoms with Gasteiger partial charge in [-0.05, 0) is 44.2 Å². The molecule has 2 heterocycles. The van der Waals surface area contributed by atoms with Crippen molar-refractivity contribution in [3.05, 3.63) is 47.8 Å². The van der Waals surface area contributed by atoms with E-state index in [0.29, 0.717) is 11.5 Å². The van der Waals surface area contributed by atoms with E-state index in [4.69, 9.17) is 5.73 Å². The average Bonchev–Trinajstić information content (AvgIpc) is 3.05. The summed E-state index contributed by atoms with van der Waals surface area (Å²) in [5.74, 6) is 0.469. The molecule has 2 atom stereocenters. The molecule has 1 aromatic carbocycles. The Morgan fingerprint density at radius 2 is 2.12 bits per heavy atom. The van der Waals surface area contributed by atoms with Gasteiger partial charge in [0.05, 0.1) is 23.1 Å². The molecule has 2 N–H and O–H groups in total. The second-order valence-electron chi connectivity index (χ2n) is 6.62. The maximum Gasteiger partial charge on any atom is 0.257 e. The zero-order chi connectivity index (χ0) is 17.1. The molecule has 1 aliphatic heterocycles. The highest BCUT2D eigenvalue weighted by atomic mass is 16.2. The van der Waals surface area contributed by atoms with Gasteiger partial charge in [-0.1, -0.05) is 25.1 Å². The minimum Gasteiger partial charge on any atom is -0.338 e. The molecule has 24 heavy (non-hydrogen) atoms. The molecule has 2 aromatic rings. The van der Waals surface area contributed by atoms with Gasteiger partial charge in [-0.2, -0.15) is 5.10 Å². The van der Waals surface area contributed by atoms with Crippen LogP contribution in [0.15, 0.2) is 36.5 Å². The molecular weight excluding hydrogens is 300 g/mol. The first-order valence-electron chi connectivity index (χ1n) is 8.79. The highest BCUT2D eigenvalue weighted by molar-refractivity contribution is 5.95. The van der Waals surface area contributed by atoms with Gasteiger partial charge in [-0.25, -0.2) is 4.68 Å². The molecule has 0 unspecified atom stereocenters. The van der Waals surface area contributed by atoms with Crippen LogP contribution in [0.1, 0.15) is 42.7 Å². The lowest BCUT2D eigenvalue weighted by molar-refractivity contribution is 0.0660. The Kier molecular flexibility index (Phi) is 5.00. The molecule has 1 saturated heterocycles. The highest BCUT2D eigenvalue weighted by Gasteiger charge is 2.28. The van der Waals surface area contributed by atoms with Crippen LogP contribution in [0.25, 0.3) is 5.69 Å². The molecule has 0 aliphatic carbocycles. The van der Waals surface area contributed by atoms with Gasteiger partial charge < -0.3 is 10.6 Å². The van der Waals surface area contributed by atoms with Gasteiger partial charge in [-0.15, -0.1) is 0 Å². The lowest BCUT2D eigenvalue weighted by atomic mass is 9.92. The van der Waals surface area contributed by atoms with Gasteiger partial charge in [-0.3, -0.25) is 4.79 Å². The molecule has 1 aromatic heterocycles. The third-order valence-corrected chi connectivity index (χ3v) is 4.92. The normalized spacial score (nSPS) is 19.3. The fourth-order valence-electron chi connectivity index (χ4n) is 3.48. The minimum absolute atomic E-state index is 0.0828. The van der Waals surface area contributed by atoms with Crippen LogP contribution in [-0.4, -0.2) is 39.7 Å². The van der Waals surface area contributed by atoms with E-state index in [9.17, 15) is 4.79 Å². The topological polar surface area (TPSA) is 64.2 Å². The van der Waals surface area contributed by atoms with Crippen LogP contribution in [-0.2, 0) is 6.42 Å². The van der Waals surface area contributed by atoms with Crippen LogP contribution in [0.5, 0.6) is 0 Å². The summed E-state index contributed by atoms with van der Waals surface area (Å²) in [4.78, 5) is 15.0. The smallest absolute Gasteiger partial charge is 0.257 e. The quantitative estimate of drug-likeness (QED) is 0.939. The molecule has 1 fully saturated rings. The van der Waals surface area contributed by atoms with Crippen molar-refractivity contribution >= 4 is 5.91 Å². The third kappa shape index (κ3) is 3.22. The van der Waals surface area contributed by atoms with E-state index < -0.39 is 0 Å². The number of nitrogens with zero attached hydrogens (tertiary/aromatic N) is 3. The first kappa shape index (κ1) is 16.7. The fraction of sp³-hybridized carbons (Fsp3) is 0.474. The summed E-state index contributed by atoms with van der Waals surface area (Å²) in [6.07, 6.45) is 4.60. The Labute approximate surface area is 143 Å². The van der Waals surface area contributed by atoms with Crippen molar-refractivity contribution in [3.8, 4) is 5.69 Å². The van der Waals surface area contributed by atoms with Crippen molar-refractivity contribution in [2.75, 3.05) is 13.1 Å². The Hall–Kier alpha value is -2.14. The number of para-hydroxylation sites is 1. The van der Waals surface area contributed by atoms with E-state index in [0.717, 1.165) is 43.7 Å². The highest BCUT2D eigenvalue weighted by Crippen LogP contribution is 2.23. The number of piperidine rings is 1. The second-order valence-corrected chi connectivity index (χ2v) is 6.62. The van der Waals surface area contributed by atoms with Crippen LogP contribution in [0, 0.1) is 5.92 Å². The van der Waals surface area contributed by atoms with Crippen molar-refractivity contribution in [2.45, 2.75) is 39.2 Å². The lowest BCUT2D eigenvalue weighted by Gasteiger charge is -2.34. The molecule has 0 saturated carbocycles. The average molecular weight is 326 g/mol. The number of rotatable bonds is 4. The summed E-state index contributed by atoms with van der Waals surface area (Å²) >= 11 is 0. The van der Waals surface area contributed by atoms with E-state index in [2.05, 4.69) is 12.0 Å². The van der Waals surface area contributed by atoms with Gasteiger partial charge in [0.25, 0.3) is 5.91 Å². The van der Waals surface area contributed by atoms with E-state index in [-0.39, 0.29) is 11.9 Å². The molecule has 0 spiro atoms. The maximum atomic E-state index is 13.0. The molecule has 3 rings (SSSR count). The van der Waals surface area contributed by atoms with Crippen LogP contribution >= 0.6 is 0 Å². The van der Waals surface area contributed by atoms with Crippen molar-refractivity contribution in [1.82, 2.24) is 14.7 Å². The number of carbonyl (C=O) groups is 1. The summed E-state index contributed by atoms with van der Waals surface area (Å²) in [5.41, 5.74) is 8.72. The first-order valence-corrected chi connectivity index (χ1v) is 8.79. The van der Waals surface area contributed by atoms with Gasteiger partial charge in [0, 0.05) is 19.1 Å². The number of carbonyl (C=O) groups excluding carboxylic acids is 1. The Balaban J connectivity index is 1.87. The molecule has 128 valence electrons. The largest absolute Gasteiger partial charge is 0.338 e. The number of hydrogen-bond acceptors (Lipinski definition) is 3. The van der Waals surface area contributed by atoms with Gasteiger partial charge in [0.1, 0.15) is 0 Å². The van der Waals surface area contributed by atoms with Crippen LogP contribution in [0.3, 0.4) is 0 Å². The Morgan fingerprint density at radius 1 is 1.38 bits per heavy atom. The number of benzene rings is 1. The number of aromatic nitrogens is 2. The summed E-state index contributed by atoms with van der Waals surface area (Å²) in [5, 5.41) is 4.47. The molecular formula is C19H26N4O. The van der Waals surface area contributed by atoms with E-state index >= 15 is 0 Å². The molecule has 5 nitrogen and oxygen atoms in total. The minimum atomic E-state index is 0.0828. The second kappa shape index (κ2) is 7.18. The maximum absolute atomic E-state index is 13.0. The third-order valence-electron chi connectivity index (χ3n) is 4.92. The predicted octanol–water partition coefficient (Wildman–Crippen LogP) is 2.63. The monoisotopic (exact) mass is 326 g/mol. The van der Waals surface area contributed by atoms with Gasteiger partial charge in [0.15, 0.2) is 0 Å². The van der Waals surface area contributed by atoms with Crippen molar-refractivity contribution < 1.29 is 4.79 Å². The molecule has 5 heteroatoms. The van der Waals surface area contributed by atoms with E-state index in [1.165, 1.54) is 0 Å². The molecule has 1 aliphatic rings. The van der Waals surface area contributed by atoms with Crippen LogP contribution in [0.2, 0.25) is 0 Å². The zero-order valence-electron chi connectivity index (χ0n) is 14.5. The summed E-state index contributed by atoms with van der Waals surface area (Å²) < 4.78 is 1.88. The molecule has 1 amide bonds. The number of amides is 1. The standard InChI is InChI=1S/C19H26N4O/c1-3-18-17(12-21-23(18)16-9-5-4-6-10-16)19(24)22-11-7-8-15(13-22)14(2)20/h4-6,9-10,12,14-15H,3,7-8,11,13,20H2,1-2H3/t14-,15-/m0/s1. The fourth-order valence-corrected chi connectivity index (χ4v) is 3.48. The molecule has 0 bridgehead atoms. The van der Waals surface area contributed by atoms with E-state index in [1.54, 1.807) is 6.20 Å². The lowest BCUT2D eigenvalue weighted by Crippen LogP contribution is -2.45. The number of hydrogen-bond donors (Lipinski definition) is 1. The summed E-state index contributed by atoms with van der Waals surface area (Å²) in [6, 6.07) is 10.1. The van der Waals surface area contributed by atoms with Gasteiger partial charge >= 0.3 is 0 Å². The number of nitrogens with two attached hydrogens (primary N) is 1. The van der Waals surface area contributed by atoms with Crippen molar-refractivity contribution in [1.29, 1.82) is 0 Å². The van der Waals surface area contributed by atoms with Crippen molar-refractivity contribution in [2.24, 2.45) is 11.7 Å². The van der Waals surface area contributed by atoms with Gasteiger partial charge in [0.2, 0.25) is 0 Å². The Morgan fingerprint density at radius 3 is 2.79 bits per heavy atom. The van der Waals surface area contributed by atoms with E-state index in [1.807, 2.05) is 46.8 Å². The van der Waals surface area contributed by atoms with Crippen LogP contribution < -0.4 is 5.73 Å².